The molecule has 0 aliphatic heterocycles. The van der Waals surface area contributed by atoms with Crippen LogP contribution in [-0.2, 0) is 9.59 Å². The maximum Gasteiger partial charge on any atom is 0.244 e. The minimum absolute atomic E-state index is 0.00552. The largest absolute Gasteiger partial charge is 0.336 e. The van der Waals surface area contributed by atoms with Gasteiger partial charge >= 0.3 is 0 Å². The minimum Gasteiger partial charge on any atom is -0.336 e. The van der Waals surface area contributed by atoms with Crippen molar-refractivity contribution in [3.8, 4) is 5.69 Å². The van der Waals surface area contributed by atoms with Crippen LogP contribution in [0.5, 0.6) is 0 Å². The van der Waals surface area contributed by atoms with Crippen molar-refractivity contribution in [2.75, 3.05) is 24.7 Å². The van der Waals surface area contributed by atoms with Crippen molar-refractivity contribution >= 4 is 40.9 Å². The molecule has 3 rings (SSSR count). The standard InChI is InChI=1S/C18H16ClFN6O2S/c1-25(10-16(27)21-15-8-3-2-7-14(15)19)17(28)11-29-18-22-23-24-26(18)13-6-4-5-12(20)9-13/h2-9H,10-11H2,1H3,(H,21,27). The molecular formula is C18H16ClFN6O2S. The molecule has 1 heterocycles. The summed E-state index contributed by atoms with van der Waals surface area (Å²) in [6, 6.07) is 12.6. The summed E-state index contributed by atoms with van der Waals surface area (Å²) in [5, 5.41) is 14.7. The summed E-state index contributed by atoms with van der Waals surface area (Å²) in [6.45, 7) is -0.139. The molecule has 2 amide bonds. The Bertz CT molecular complexity index is 1030. The fraction of sp³-hybridized carbons (Fsp3) is 0.167. The van der Waals surface area contributed by atoms with Gasteiger partial charge in [0.2, 0.25) is 17.0 Å². The normalized spacial score (nSPS) is 10.6. The number of hydrogen-bond acceptors (Lipinski definition) is 6. The molecule has 2 aromatic carbocycles. The number of rotatable bonds is 7. The zero-order chi connectivity index (χ0) is 20.8. The van der Waals surface area contributed by atoms with E-state index in [4.69, 9.17) is 11.6 Å². The lowest BCUT2D eigenvalue weighted by Gasteiger charge is -2.16. The van der Waals surface area contributed by atoms with Crippen LogP contribution in [0.2, 0.25) is 5.02 Å². The highest BCUT2D eigenvalue weighted by Crippen LogP contribution is 2.21. The van der Waals surface area contributed by atoms with Gasteiger partial charge in [0, 0.05) is 7.05 Å². The molecule has 0 fully saturated rings. The summed E-state index contributed by atoms with van der Waals surface area (Å²) in [7, 11) is 1.52. The summed E-state index contributed by atoms with van der Waals surface area (Å²) in [4.78, 5) is 25.8. The average Bonchev–Trinajstić information content (AvgIpc) is 3.16. The van der Waals surface area contributed by atoms with Crippen molar-refractivity contribution in [3.05, 3.63) is 59.4 Å². The lowest BCUT2D eigenvalue weighted by molar-refractivity contribution is -0.131. The fourth-order valence-electron chi connectivity index (χ4n) is 2.33. The van der Waals surface area contributed by atoms with Gasteiger partial charge in [0.15, 0.2) is 0 Å². The Balaban J connectivity index is 1.55. The highest BCUT2D eigenvalue weighted by atomic mass is 35.5. The number of carbonyl (C=O) groups is 2. The summed E-state index contributed by atoms with van der Waals surface area (Å²) in [5.74, 6) is -1.08. The Morgan fingerprint density at radius 1 is 1.24 bits per heavy atom. The second kappa shape index (κ2) is 9.48. The third-order valence-electron chi connectivity index (χ3n) is 3.77. The van der Waals surface area contributed by atoms with E-state index in [0.717, 1.165) is 11.8 Å². The molecule has 150 valence electrons. The average molecular weight is 435 g/mol. The lowest BCUT2D eigenvalue weighted by Crippen LogP contribution is -2.36. The van der Waals surface area contributed by atoms with Crippen LogP contribution in [0.4, 0.5) is 10.1 Å². The van der Waals surface area contributed by atoms with Gasteiger partial charge in [-0.1, -0.05) is 41.6 Å². The van der Waals surface area contributed by atoms with Crippen LogP contribution in [0.1, 0.15) is 0 Å². The number of carbonyl (C=O) groups excluding carboxylic acids is 2. The first kappa shape index (κ1) is 20.7. The highest BCUT2D eigenvalue weighted by Gasteiger charge is 2.17. The summed E-state index contributed by atoms with van der Waals surface area (Å²) >= 11 is 7.09. The molecule has 0 aliphatic carbocycles. The topological polar surface area (TPSA) is 93.0 Å². The van der Waals surface area contributed by atoms with Crippen molar-refractivity contribution in [3.63, 3.8) is 0 Å². The van der Waals surface area contributed by atoms with Crippen molar-refractivity contribution in [1.82, 2.24) is 25.1 Å². The number of hydrogen-bond donors (Lipinski definition) is 1. The van der Waals surface area contributed by atoms with E-state index in [-0.39, 0.29) is 24.1 Å². The van der Waals surface area contributed by atoms with Crippen LogP contribution < -0.4 is 5.32 Å². The number of amides is 2. The lowest BCUT2D eigenvalue weighted by atomic mass is 10.3. The van der Waals surface area contributed by atoms with Gasteiger partial charge in [-0.05, 0) is 40.8 Å². The summed E-state index contributed by atoms with van der Waals surface area (Å²) < 4.78 is 14.8. The van der Waals surface area contributed by atoms with Gasteiger partial charge in [-0.15, -0.1) is 5.10 Å². The van der Waals surface area contributed by atoms with Crippen LogP contribution in [0.3, 0.4) is 0 Å². The SMILES string of the molecule is CN(CC(=O)Nc1ccccc1Cl)C(=O)CSc1nnnn1-c1cccc(F)c1. The van der Waals surface area contributed by atoms with Crippen molar-refractivity contribution < 1.29 is 14.0 Å². The summed E-state index contributed by atoms with van der Waals surface area (Å²) in [6.07, 6.45) is 0. The zero-order valence-electron chi connectivity index (χ0n) is 15.2. The Kier molecular flexibility index (Phi) is 6.78. The molecule has 8 nitrogen and oxygen atoms in total. The smallest absolute Gasteiger partial charge is 0.244 e. The maximum absolute atomic E-state index is 13.4. The summed E-state index contributed by atoms with van der Waals surface area (Å²) in [5.41, 5.74) is 0.918. The van der Waals surface area contributed by atoms with Gasteiger partial charge in [-0.25, -0.2) is 4.39 Å². The first-order valence-corrected chi connectivity index (χ1v) is 9.76. The van der Waals surface area contributed by atoms with Crippen molar-refractivity contribution in [2.24, 2.45) is 0 Å². The van der Waals surface area contributed by atoms with E-state index < -0.39 is 5.82 Å². The number of benzene rings is 2. The zero-order valence-corrected chi connectivity index (χ0v) is 16.8. The number of para-hydroxylation sites is 1. The molecule has 0 radical (unpaired) electrons. The molecular weight excluding hydrogens is 419 g/mol. The van der Waals surface area contributed by atoms with Crippen LogP contribution in [0.25, 0.3) is 5.69 Å². The van der Waals surface area contributed by atoms with E-state index in [1.807, 2.05) is 0 Å². The molecule has 11 heteroatoms. The number of anilines is 1. The molecule has 29 heavy (non-hydrogen) atoms. The maximum atomic E-state index is 13.4. The van der Waals surface area contributed by atoms with Gasteiger partial charge in [0.25, 0.3) is 0 Å². The quantitative estimate of drug-likeness (QED) is 0.574. The first-order valence-electron chi connectivity index (χ1n) is 8.39. The Hall–Kier alpha value is -2.98. The molecule has 0 saturated carbocycles. The second-order valence-electron chi connectivity index (χ2n) is 5.92. The Labute approximate surface area is 175 Å². The fourth-order valence-corrected chi connectivity index (χ4v) is 3.35. The second-order valence-corrected chi connectivity index (χ2v) is 7.27. The number of thioether (sulfide) groups is 1. The molecule has 0 bridgehead atoms. The van der Waals surface area contributed by atoms with Crippen molar-refractivity contribution in [1.29, 1.82) is 0 Å². The highest BCUT2D eigenvalue weighted by molar-refractivity contribution is 7.99. The van der Waals surface area contributed by atoms with Gasteiger partial charge in [0.05, 0.1) is 28.7 Å². The molecule has 1 aromatic heterocycles. The van der Waals surface area contributed by atoms with Gasteiger partial charge in [0.1, 0.15) is 5.82 Å². The molecule has 3 aromatic rings. The number of aromatic nitrogens is 4. The van der Waals surface area contributed by atoms with E-state index in [2.05, 4.69) is 20.8 Å². The van der Waals surface area contributed by atoms with Crippen LogP contribution >= 0.6 is 23.4 Å². The first-order chi connectivity index (χ1) is 13.9. The molecule has 1 N–H and O–H groups in total. The Morgan fingerprint density at radius 2 is 2.03 bits per heavy atom. The predicted octanol–water partition coefficient (Wildman–Crippen LogP) is 2.64. The molecule has 0 spiro atoms. The van der Waals surface area contributed by atoms with E-state index in [1.54, 1.807) is 30.3 Å². The third-order valence-corrected chi connectivity index (χ3v) is 5.01. The van der Waals surface area contributed by atoms with E-state index in [0.29, 0.717) is 21.6 Å². The third kappa shape index (κ3) is 5.52. The van der Waals surface area contributed by atoms with Gasteiger partial charge in [-0.2, -0.15) is 4.68 Å². The van der Waals surface area contributed by atoms with Crippen LogP contribution in [0.15, 0.2) is 53.7 Å². The van der Waals surface area contributed by atoms with E-state index >= 15 is 0 Å². The van der Waals surface area contributed by atoms with Crippen molar-refractivity contribution in [2.45, 2.75) is 5.16 Å². The number of nitrogens with zero attached hydrogens (tertiary/aromatic N) is 5. The number of halogens is 2. The van der Waals surface area contributed by atoms with E-state index in [1.165, 1.54) is 34.8 Å². The monoisotopic (exact) mass is 434 g/mol. The number of tetrazole rings is 1. The molecule has 0 saturated heterocycles. The predicted molar refractivity (Wildman–Crippen MR) is 108 cm³/mol. The molecule has 0 atom stereocenters. The van der Waals surface area contributed by atoms with E-state index in [9.17, 15) is 14.0 Å². The number of likely N-dealkylation sites (N-methyl/N-ethyl adjacent to an activating group) is 1. The number of nitrogens with one attached hydrogen (secondary N) is 1. The molecule has 0 unspecified atom stereocenters. The van der Waals surface area contributed by atoms with Crippen LogP contribution in [0, 0.1) is 5.82 Å². The minimum atomic E-state index is -0.422. The Morgan fingerprint density at radius 3 is 2.79 bits per heavy atom. The van der Waals surface area contributed by atoms with Gasteiger partial charge < -0.3 is 10.2 Å². The van der Waals surface area contributed by atoms with Gasteiger partial charge in [-0.3, -0.25) is 9.59 Å². The molecule has 0 aliphatic rings. The van der Waals surface area contributed by atoms with Crippen LogP contribution in [-0.4, -0.2) is 56.3 Å².